The number of benzene rings is 3. The van der Waals surface area contributed by atoms with E-state index < -0.39 is 15.3 Å². The van der Waals surface area contributed by atoms with Crippen LogP contribution < -0.4 is 4.74 Å². The summed E-state index contributed by atoms with van der Waals surface area (Å²) in [5, 5.41) is 0. The van der Waals surface area contributed by atoms with Crippen LogP contribution in [0.25, 0.3) is 22.4 Å². The number of ether oxygens (including phenoxy) is 1. The van der Waals surface area contributed by atoms with E-state index in [0.29, 0.717) is 0 Å². The molecule has 5 heteroatoms. The van der Waals surface area contributed by atoms with Gasteiger partial charge in [-0.1, -0.05) is 78.9 Å². The predicted octanol–water partition coefficient (Wildman–Crippen LogP) is 5.61. The Morgan fingerprint density at radius 3 is 1.83 bits per heavy atom. The topological polar surface area (TPSA) is 56.3 Å². The highest BCUT2D eigenvalue weighted by atomic mass is 32.2. The molecule has 0 fully saturated rings. The lowest BCUT2D eigenvalue weighted by Crippen LogP contribution is -2.24. The fourth-order valence-corrected chi connectivity index (χ4v) is 4.30. The van der Waals surface area contributed by atoms with Crippen LogP contribution in [0.1, 0.15) is 6.92 Å². The third kappa shape index (κ3) is 4.26. The molecule has 0 aliphatic heterocycles. The van der Waals surface area contributed by atoms with Gasteiger partial charge in [-0.3, -0.25) is 0 Å². The highest BCUT2D eigenvalue weighted by Gasteiger charge is 2.25. The van der Waals surface area contributed by atoms with Gasteiger partial charge in [-0.05, 0) is 36.2 Å². The molecule has 0 amide bonds. The fraction of sp³-hybridized carbons (Fsp3) is 0.0800. The second-order valence-electron chi connectivity index (χ2n) is 6.85. The van der Waals surface area contributed by atoms with Gasteiger partial charge in [0.1, 0.15) is 0 Å². The molecule has 4 nitrogen and oxygen atoms in total. The van der Waals surface area contributed by atoms with Gasteiger partial charge in [0.2, 0.25) is 21.2 Å². The molecule has 0 bridgehead atoms. The van der Waals surface area contributed by atoms with E-state index in [9.17, 15) is 8.42 Å². The molecule has 4 aromatic rings. The Labute approximate surface area is 176 Å². The van der Waals surface area contributed by atoms with Crippen molar-refractivity contribution in [3.05, 3.63) is 103 Å². The van der Waals surface area contributed by atoms with E-state index in [1.807, 2.05) is 66.7 Å². The monoisotopic (exact) mass is 415 g/mol. The van der Waals surface area contributed by atoms with E-state index in [2.05, 4.69) is 4.98 Å². The zero-order chi connectivity index (χ0) is 21.0. The van der Waals surface area contributed by atoms with Crippen molar-refractivity contribution in [1.82, 2.24) is 4.98 Å². The van der Waals surface area contributed by atoms with Crippen LogP contribution in [-0.2, 0) is 9.84 Å². The lowest BCUT2D eigenvalue weighted by Gasteiger charge is -2.16. The minimum absolute atomic E-state index is 0.222. The Hall–Kier alpha value is -3.44. The lowest BCUT2D eigenvalue weighted by molar-refractivity contribution is 0.281. The number of nitrogens with zero attached hydrogens (tertiary/aromatic N) is 1. The molecule has 30 heavy (non-hydrogen) atoms. The summed E-state index contributed by atoms with van der Waals surface area (Å²) in [6.45, 7) is 1.53. The van der Waals surface area contributed by atoms with Crippen molar-refractivity contribution >= 4 is 9.84 Å². The first-order chi connectivity index (χ1) is 14.5. The maximum absolute atomic E-state index is 12.9. The lowest BCUT2D eigenvalue weighted by atomic mass is 10.0. The Balaban J connectivity index is 1.74. The molecule has 1 aromatic heterocycles. The number of pyridine rings is 1. The zero-order valence-electron chi connectivity index (χ0n) is 16.5. The van der Waals surface area contributed by atoms with Crippen molar-refractivity contribution in [2.45, 2.75) is 17.3 Å². The van der Waals surface area contributed by atoms with Crippen molar-refractivity contribution in [3.8, 4) is 28.3 Å². The van der Waals surface area contributed by atoms with Crippen molar-refractivity contribution in [2.24, 2.45) is 0 Å². The van der Waals surface area contributed by atoms with E-state index in [1.54, 1.807) is 36.4 Å². The van der Waals surface area contributed by atoms with Gasteiger partial charge in [0.15, 0.2) is 0 Å². The summed E-state index contributed by atoms with van der Waals surface area (Å²) >= 11 is 0. The van der Waals surface area contributed by atoms with Gasteiger partial charge in [0, 0.05) is 11.6 Å². The number of sulfone groups is 1. The second-order valence-corrected chi connectivity index (χ2v) is 9.08. The molecule has 0 aliphatic carbocycles. The Morgan fingerprint density at radius 2 is 1.23 bits per heavy atom. The molecule has 3 aromatic carbocycles. The van der Waals surface area contributed by atoms with E-state index in [1.165, 1.54) is 6.92 Å². The molecule has 0 N–H and O–H groups in total. The van der Waals surface area contributed by atoms with Gasteiger partial charge in [-0.25, -0.2) is 13.4 Å². The summed E-state index contributed by atoms with van der Waals surface area (Å²) in [5.41, 5.74) is 2.47. The van der Waals surface area contributed by atoms with Crippen molar-refractivity contribution in [2.75, 3.05) is 0 Å². The van der Waals surface area contributed by atoms with Crippen molar-refractivity contribution < 1.29 is 13.2 Å². The van der Waals surface area contributed by atoms with Gasteiger partial charge in [0.25, 0.3) is 0 Å². The average molecular weight is 416 g/mol. The molecule has 0 saturated carbocycles. The predicted molar refractivity (Wildman–Crippen MR) is 119 cm³/mol. The van der Waals surface area contributed by atoms with Crippen LogP contribution in [0.5, 0.6) is 5.88 Å². The number of aromatic nitrogens is 1. The minimum atomic E-state index is -3.65. The molecule has 1 heterocycles. The third-order valence-corrected chi connectivity index (χ3v) is 6.67. The Kier molecular flexibility index (Phi) is 5.63. The first-order valence-corrected chi connectivity index (χ1v) is 11.2. The molecule has 4 rings (SSSR count). The minimum Gasteiger partial charge on any atom is -0.458 e. The average Bonchev–Trinajstić information content (AvgIpc) is 2.80. The molecular formula is C25H21NO3S. The quantitative estimate of drug-likeness (QED) is 0.410. The first kappa shape index (κ1) is 19.9. The molecule has 0 radical (unpaired) electrons. The third-order valence-electron chi connectivity index (χ3n) is 4.77. The molecular weight excluding hydrogens is 394 g/mol. The van der Waals surface area contributed by atoms with E-state index in [0.717, 1.165) is 22.4 Å². The van der Waals surface area contributed by atoms with Crippen molar-refractivity contribution in [1.29, 1.82) is 0 Å². The molecule has 0 saturated heterocycles. The second kappa shape index (κ2) is 8.51. The summed E-state index contributed by atoms with van der Waals surface area (Å²) in [6, 6.07) is 31.7. The first-order valence-electron chi connectivity index (χ1n) is 9.62. The highest BCUT2D eigenvalue weighted by Crippen LogP contribution is 2.30. The van der Waals surface area contributed by atoms with E-state index in [-0.39, 0.29) is 10.8 Å². The summed E-state index contributed by atoms with van der Waals surface area (Å²) in [6.07, 6.45) is 0. The number of hydrogen-bond donors (Lipinski definition) is 0. The normalized spacial score (nSPS) is 12.3. The molecule has 0 spiro atoms. The van der Waals surface area contributed by atoms with Crippen LogP contribution in [0.15, 0.2) is 108 Å². The van der Waals surface area contributed by atoms with Gasteiger partial charge in [-0.2, -0.15) is 0 Å². The van der Waals surface area contributed by atoms with Crippen LogP contribution >= 0.6 is 0 Å². The zero-order valence-corrected chi connectivity index (χ0v) is 17.3. The standard InChI is InChI=1S/C25H21NO3S/c1-19(30(27,28)23-15-9-4-10-16-23)29-25-18-22(20-11-5-2-6-12-20)17-24(26-25)21-13-7-3-8-14-21/h2-19H,1H3. The van der Waals surface area contributed by atoms with Crippen molar-refractivity contribution in [3.63, 3.8) is 0 Å². The maximum atomic E-state index is 12.9. The smallest absolute Gasteiger partial charge is 0.215 e. The largest absolute Gasteiger partial charge is 0.458 e. The SMILES string of the molecule is CC(Oc1cc(-c2ccccc2)cc(-c2ccccc2)n1)S(=O)(=O)c1ccccc1. The summed E-state index contributed by atoms with van der Waals surface area (Å²) in [7, 11) is -3.65. The Bertz CT molecular complexity index is 1170. The van der Waals surface area contributed by atoms with Gasteiger partial charge >= 0.3 is 0 Å². The van der Waals surface area contributed by atoms with Gasteiger partial charge in [0.05, 0.1) is 10.6 Å². The van der Waals surface area contributed by atoms with Crippen LogP contribution in [0, 0.1) is 0 Å². The van der Waals surface area contributed by atoms with E-state index >= 15 is 0 Å². The Morgan fingerprint density at radius 1 is 0.700 bits per heavy atom. The molecule has 1 atom stereocenters. The molecule has 150 valence electrons. The molecule has 1 unspecified atom stereocenters. The van der Waals surface area contributed by atoms with Gasteiger partial charge < -0.3 is 4.74 Å². The van der Waals surface area contributed by atoms with Crippen LogP contribution in [-0.4, -0.2) is 18.8 Å². The summed E-state index contributed by atoms with van der Waals surface area (Å²) < 4.78 is 31.6. The molecule has 0 aliphatic rings. The number of rotatable bonds is 6. The van der Waals surface area contributed by atoms with Gasteiger partial charge in [-0.15, -0.1) is 0 Å². The summed E-state index contributed by atoms with van der Waals surface area (Å²) in [5.74, 6) is 0.266. The maximum Gasteiger partial charge on any atom is 0.215 e. The number of hydrogen-bond acceptors (Lipinski definition) is 4. The van der Waals surface area contributed by atoms with Crippen LogP contribution in [0.2, 0.25) is 0 Å². The highest BCUT2D eigenvalue weighted by molar-refractivity contribution is 7.91. The fourth-order valence-electron chi connectivity index (χ4n) is 3.15. The van der Waals surface area contributed by atoms with Crippen LogP contribution in [0.3, 0.4) is 0 Å². The van der Waals surface area contributed by atoms with E-state index in [4.69, 9.17) is 4.74 Å². The summed E-state index contributed by atoms with van der Waals surface area (Å²) in [4.78, 5) is 4.81. The van der Waals surface area contributed by atoms with Crippen LogP contribution in [0.4, 0.5) is 0 Å².